The molecule has 0 N–H and O–H groups in total. The van der Waals surface area contributed by atoms with Gasteiger partial charge in [0.05, 0.1) is 0 Å². The van der Waals surface area contributed by atoms with E-state index in [0.29, 0.717) is 17.6 Å². The van der Waals surface area contributed by atoms with Crippen molar-refractivity contribution in [3.8, 4) is 0 Å². The number of Topliss-reactive ketones (excluding diaryl/α,β-unsaturated/α-hetero) is 1. The Labute approximate surface area is 79.9 Å². The lowest BCUT2D eigenvalue weighted by molar-refractivity contribution is -0.121. The maximum atomic E-state index is 11.7. The summed E-state index contributed by atoms with van der Waals surface area (Å²) >= 11 is 0. The Kier molecular flexibility index (Phi) is 1.75. The summed E-state index contributed by atoms with van der Waals surface area (Å²) in [5.41, 5.74) is 0. The fraction of sp³-hybridized carbons (Fsp3) is 0.833. The van der Waals surface area contributed by atoms with Crippen molar-refractivity contribution in [3.63, 3.8) is 0 Å². The molecule has 3 atom stereocenters. The van der Waals surface area contributed by atoms with Crippen LogP contribution in [-0.4, -0.2) is 5.78 Å². The second-order valence-electron chi connectivity index (χ2n) is 4.99. The molecule has 0 aromatic carbocycles. The fourth-order valence-corrected chi connectivity index (χ4v) is 3.72. The van der Waals surface area contributed by atoms with E-state index in [1.807, 2.05) is 0 Å². The van der Waals surface area contributed by atoms with Crippen LogP contribution in [0.1, 0.15) is 44.9 Å². The predicted molar refractivity (Wildman–Crippen MR) is 51.0 cm³/mol. The van der Waals surface area contributed by atoms with Crippen LogP contribution in [0.2, 0.25) is 0 Å². The van der Waals surface area contributed by atoms with Crippen LogP contribution in [0.5, 0.6) is 0 Å². The van der Waals surface area contributed by atoms with Gasteiger partial charge in [-0.3, -0.25) is 4.79 Å². The topological polar surface area (TPSA) is 17.1 Å². The number of carbonyl (C=O) groups excluding carboxylic acids is 1. The van der Waals surface area contributed by atoms with Gasteiger partial charge in [-0.1, -0.05) is 12.8 Å². The van der Waals surface area contributed by atoms with Crippen molar-refractivity contribution in [3.05, 3.63) is 5.92 Å². The number of fused-ring (bicyclic) bond motifs is 2. The quantitative estimate of drug-likeness (QED) is 0.602. The van der Waals surface area contributed by atoms with Gasteiger partial charge in [-0.25, -0.2) is 0 Å². The van der Waals surface area contributed by atoms with Crippen molar-refractivity contribution in [2.45, 2.75) is 44.9 Å². The van der Waals surface area contributed by atoms with Crippen LogP contribution >= 0.6 is 0 Å². The SMILES string of the molecule is O=C1C2CCC1C([C]1CCCC1)C2. The Bertz CT molecular complexity index is 227. The monoisotopic (exact) mass is 177 g/mol. The van der Waals surface area contributed by atoms with E-state index in [4.69, 9.17) is 0 Å². The number of ketones is 1. The zero-order chi connectivity index (χ0) is 8.84. The molecule has 1 radical (unpaired) electrons. The van der Waals surface area contributed by atoms with Crippen LogP contribution in [-0.2, 0) is 4.79 Å². The molecular weight excluding hydrogens is 160 g/mol. The summed E-state index contributed by atoms with van der Waals surface area (Å²) in [5, 5.41) is 0. The summed E-state index contributed by atoms with van der Waals surface area (Å²) < 4.78 is 0. The Hall–Kier alpha value is -0.330. The molecule has 0 saturated heterocycles. The van der Waals surface area contributed by atoms with Crippen LogP contribution in [0, 0.1) is 23.7 Å². The summed E-state index contributed by atoms with van der Waals surface area (Å²) in [6.07, 6.45) is 9.07. The molecule has 3 fully saturated rings. The van der Waals surface area contributed by atoms with Gasteiger partial charge in [0.1, 0.15) is 5.78 Å². The van der Waals surface area contributed by atoms with Gasteiger partial charge >= 0.3 is 0 Å². The molecule has 3 unspecified atom stereocenters. The zero-order valence-corrected chi connectivity index (χ0v) is 8.09. The molecule has 13 heavy (non-hydrogen) atoms. The lowest BCUT2D eigenvalue weighted by atomic mass is 9.78. The third-order valence-electron chi connectivity index (χ3n) is 4.39. The maximum Gasteiger partial charge on any atom is 0.139 e. The van der Waals surface area contributed by atoms with Crippen molar-refractivity contribution in [1.29, 1.82) is 0 Å². The van der Waals surface area contributed by atoms with Gasteiger partial charge < -0.3 is 0 Å². The van der Waals surface area contributed by atoms with Crippen LogP contribution in [0.4, 0.5) is 0 Å². The van der Waals surface area contributed by atoms with Crippen LogP contribution in [0.25, 0.3) is 0 Å². The average molecular weight is 177 g/mol. The van der Waals surface area contributed by atoms with Gasteiger partial charge in [0.2, 0.25) is 0 Å². The summed E-state index contributed by atoms with van der Waals surface area (Å²) in [7, 11) is 0. The molecule has 1 heteroatoms. The molecule has 0 aromatic rings. The van der Waals surface area contributed by atoms with Crippen molar-refractivity contribution in [2.75, 3.05) is 0 Å². The molecule has 71 valence electrons. The van der Waals surface area contributed by atoms with E-state index in [0.717, 1.165) is 5.92 Å². The molecule has 0 aliphatic heterocycles. The van der Waals surface area contributed by atoms with Crippen LogP contribution < -0.4 is 0 Å². The Morgan fingerprint density at radius 3 is 2.31 bits per heavy atom. The molecule has 0 aromatic heterocycles. The first kappa shape index (κ1) is 8.02. The molecule has 3 aliphatic rings. The molecule has 2 bridgehead atoms. The highest BCUT2D eigenvalue weighted by atomic mass is 16.1. The van der Waals surface area contributed by atoms with Gasteiger partial charge in [0, 0.05) is 11.8 Å². The summed E-state index contributed by atoms with van der Waals surface area (Å²) in [6.45, 7) is 0. The van der Waals surface area contributed by atoms with Crippen molar-refractivity contribution >= 4 is 5.78 Å². The first-order chi connectivity index (χ1) is 6.36. The third kappa shape index (κ3) is 1.09. The Balaban J connectivity index is 1.76. The minimum Gasteiger partial charge on any atom is -0.299 e. The molecule has 0 amide bonds. The lowest BCUT2D eigenvalue weighted by Crippen LogP contribution is -2.18. The molecule has 1 nitrogen and oxygen atoms in total. The standard InChI is InChI=1S/C12H17O/c13-12-9-5-6-10(12)11(7-9)8-3-1-2-4-8/h9-11H,1-7H2. The highest BCUT2D eigenvalue weighted by Crippen LogP contribution is 2.52. The smallest absolute Gasteiger partial charge is 0.139 e. The third-order valence-corrected chi connectivity index (χ3v) is 4.39. The summed E-state index contributed by atoms with van der Waals surface area (Å²) in [5.74, 6) is 4.04. The molecule has 0 spiro atoms. The van der Waals surface area contributed by atoms with E-state index < -0.39 is 0 Å². The van der Waals surface area contributed by atoms with Crippen molar-refractivity contribution in [1.82, 2.24) is 0 Å². The molecule has 3 saturated carbocycles. The molecule has 3 aliphatic carbocycles. The van der Waals surface area contributed by atoms with E-state index in [1.165, 1.54) is 44.9 Å². The first-order valence-corrected chi connectivity index (χ1v) is 5.74. The average Bonchev–Trinajstić information content (AvgIpc) is 2.82. The minimum atomic E-state index is 0.470. The van der Waals surface area contributed by atoms with Gasteiger partial charge in [-0.15, -0.1) is 0 Å². The Morgan fingerprint density at radius 2 is 1.77 bits per heavy atom. The van der Waals surface area contributed by atoms with E-state index in [-0.39, 0.29) is 0 Å². The molecule has 0 heterocycles. The highest BCUT2D eigenvalue weighted by Gasteiger charge is 2.49. The summed E-state index contributed by atoms with van der Waals surface area (Å²) in [4.78, 5) is 11.7. The van der Waals surface area contributed by atoms with Gasteiger partial charge in [-0.2, -0.15) is 0 Å². The number of hydrogen-bond donors (Lipinski definition) is 0. The number of carbonyl (C=O) groups is 1. The van der Waals surface area contributed by atoms with Crippen molar-refractivity contribution in [2.24, 2.45) is 17.8 Å². The van der Waals surface area contributed by atoms with Crippen LogP contribution in [0.15, 0.2) is 0 Å². The lowest BCUT2D eigenvalue weighted by Gasteiger charge is -2.25. The van der Waals surface area contributed by atoms with E-state index in [9.17, 15) is 4.79 Å². The fourth-order valence-electron chi connectivity index (χ4n) is 3.72. The van der Waals surface area contributed by atoms with Gasteiger partial charge in [0.15, 0.2) is 0 Å². The first-order valence-electron chi connectivity index (χ1n) is 5.74. The predicted octanol–water partition coefficient (Wildman–Crippen LogP) is 2.75. The minimum absolute atomic E-state index is 0.470. The van der Waals surface area contributed by atoms with Crippen molar-refractivity contribution < 1.29 is 4.79 Å². The van der Waals surface area contributed by atoms with E-state index in [2.05, 4.69) is 0 Å². The maximum absolute atomic E-state index is 11.7. The van der Waals surface area contributed by atoms with E-state index in [1.54, 1.807) is 5.92 Å². The molecular formula is C12H17O. The number of rotatable bonds is 1. The Morgan fingerprint density at radius 1 is 1.00 bits per heavy atom. The highest BCUT2D eigenvalue weighted by molar-refractivity contribution is 5.88. The van der Waals surface area contributed by atoms with Gasteiger partial charge in [0.25, 0.3) is 0 Å². The second-order valence-corrected chi connectivity index (χ2v) is 4.99. The number of hydrogen-bond acceptors (Lipinski definition) is 1. The van der Waals surface area contributed by atoms with Gasteiger partial charge in [-0.05, 0) is 43.9 Å². The second kappa shape index (κ2) is 2.83. The summed E-state index contributed by atoms with van der Waals surface area (Å²) in [6, 6.07) is 0. The largest absolute Gasteiger partial charge is 0.299 e. The zero-order valence-electron chi connectivity index (χ0n) is 8.09. The molecule has 3 rings (SSSR count). The van der Waals surface area contributed by atoms with Crippen LogP contribution in [0.3, 0.4) is 0 Å². The normalized spacial score (nSPS) is 44.9. The van der Waals surface area contributed by atoms with E-state index >= 15 is 0 Å².